The molecular weight excluding hydrogens is 124 g/mol. The van der Waals surface area contributed by atoms with Crippen molar-refractivity contribution in [3.05, 3.63) is 0 Å². The van der Waals surface area contributed by atoms with Crippen LogP contribution < -0.4 is 5.73 Å². The van der Waals surface area contributed by atoms with Gasteiger partial charge in [-0.15, -0.1) is 0 Å². The van der Waals surface area contributed by atoms with E-state index in [4.69, 9.17) is 5.73 Å². The zero-order valence-electron chi connectivity index (χ0n) is 6.42. The van der Waals surface area contributed by atoms with Gasteiger partial charge in [-0.2, -0.15) is 0 Å². The van der Waals surface area contributed by atoms with E-state index in [1.165, 1.54) is 38.8 Å². The first-order valence-corrected chi connectivity index (χ1v) is 4.36. The minimum absolute atomic E-state index is 0.499. The van der Waals surface area contributed by atoms with Crippen LogP contribution in [0.1, 0.15) is 25.7 Å². The molecule has 0 aromatic heterocycles. The molecule has 0 spiro atoms. The number of piperidine rings is 1. The minimum Gasteiger partial charge on any atom is -0.328 e. The number of fused-ring (bicyclic) bond motifs is 1. The maximum Gasteiger partial charge on any atom is 0.0110 e. The number of rotatable bonds is 0. The fraction of sp³-hybridized carbons (Fsp3) is 1.00. The molecular formula is C8H16N2. The number of nitrogens with zero attached hydrogens (tertiary/aromatic N) is 1. The summed E-state index contributed by atoms with van der Waals surface area (Å²) >= 11 is 0. The van der Waals surface area contributed by atoms with Gasteiger partial charge < -0.3 is 10.6 Å². The Hall–Kier alpha value is -0.0800. The standard InChI is InChI=1S/C8H16N2/c9-7-3-5-10-4-1-2-8(10)6-7/h7-8H,1-6,9H2/t7-,8+/m0/s1. The summed E-state index contributed by atoms with van der Waals surface area (Å²) in [6.45, 7) is 2.59. The molecule has 2 saturated heterocycles. The van der Waals surface area contributed by atoms with Crippen LogP contribution in [0.25, 0.3) is 0 Å². The van der Waals surface area contributed by atoms with Crippen molar-refractivity contribution in [2.24, 2.45) is 5.73 Å². The normalized spacial score (nSPS) is 41.7. The van der Waals surface area contributed by atoms with Gasteiger partial charge in [-0.3, -0.25) is 0 Å². The van der Waals surface area contributed by atoms with Crippen molar-refractivity contribution < 1.29 is 0 Å². The molecule has 2 heterocycles. The highest BCUT2D eigenvalue weighted by Crippen LogP contribution is 2.25. The largest absolute Gasteiger partial charge is 0.328 e. The monoisotopic (exact) mass is 140 g/mol. The molecule has 2 atom stereocenters. The molecule has 0 radical (unpaired) electrons. The van der Waals surface area contributed by atoms with Crippen molar-refractivity contribution >= 4 is 0 Å². The molecule has 10 heavy (non-hydrogen) atoms. The first-order chi connectivity index (χ1) is 4.86. The van der Waals surface area contributed by atoms with E-state index in [2.05, 4.69) is 4.90 Å². The van der Waals surface area contributed by atoms with Crippen molar-refractivity contribution in [2.45, 2.75) is 37.8 Å². The molecule has 0 aromatic carbocycles. The van der Waals surface area contributed by atoms with E-state index in [1.807, 2.05) is 0 Å². The zero-order chi connectivity index (χ0) is 6.97. The molecule has 2 heteroatoms. The molecule has 0 aromatic rings. The summed E-state index contributed by atoms with van der Waals surface area (Å²) in [7, 11) is 0. The highest BCUT2D eigenvalue weighted by molar-refractivity contribution is 4.87. The van der Waals surface area contributed by atoms with Crippen LogP contribution >= 0.6 is 0 Å². The molecule has 2 aliphatic heterocycles. The van der Waals surface area contributed by atoms with E-state index in [-0.39, 0.29) is 0 Å². The Kier molecular flexibility index (Phi) is 1.66. The molecule has 2 N–H and O–H groups in total. The van der Waals surface area contributed by atoms with E-state index in [9.17, 15) is 0 Å². The molecule has 2 aliphatic rings. The van der Waals surface area contributed by atoms with Gasteiger partial charge in [0.2, 0.25) is 0 Å². The highest BCUT2D eigenvalue weighted by atomic mass is 15.2. The molecule has 2 fully saturated rings. The lowest BCUT2D eigenvalue weighted by atomic mass is 9.99. The van der Waals surface area contributed by atoms with Crippen LogP contribution in [0.5, 0.6) is 0 Å². The smallest absolute Gasteiger partial charge is 0.0110 e. The van der Waals surface area contributed by atoms with Gasteiger partial charge in [-0.05, 0) is 38.8 Å². The SMILES string of the molecule is N[C@H]1CCN2CCC[C@@H]2C1. The van der Waals surface area contributed by atoms with Gasteiger partial charge in [0.25, 0.3) is 0 Å². The highest BCUT2D eigenvalue weighted by Gasteiger charge is 2.29. The predicted molar refractivity (Wildman–Crippen MR) is 41.8 cm³/mol. The lowest BCUT2D eigenvalue weighted by Crippen LogP contribution is -2.43. The number of nitrogens with two attached hydrogens (primary N) is 1. The van der Waals surface area contributed by atoms with E-state index in [0.29, 0.717) is 6.04 Å². The quantitative estimate of drug-likeness (QED) is 0.533. The van der Waals surface area contributed by atoms with Gasteiger partial charge in [0.1, 0.15) is 0 Å². The third-order valence-corrected chi connectivity index (χ3v) is 2.86. The third kappa shape index (κ3) is 1.06. The van der Waals surface area contributed by atoms with Crippen LogP contribution in [-0.2, 0) is 0 Å². The van der Waals surface area contributed by atoms with E-state index >= 15 is 0 Å². The Morgan fingerprint density at radius 2 is 2.10 bits per heavy atom. The first kappa shape index (κ1) is 6.62. The molecule has 0 aliphatic carbocycles. The Labute approximate surface area is 62.4 Å². The maximum atomic E-state index is 5.86. The van der Waals surface area contributed by atoms with Crippen LogP contribution in [0.15, 0.2) is 0 Å². The molecule has 58 valence electrons. The molecule has 0 unspecified atom stereocenters. The second-order valence-electron chi connectivity index (χ2n) is 3.62. The van der Waals surface area contributed by atoms with Crippen LogP contribution in [-0.4, -0.2) is 30.1 Å². The fourth-order valence-electron chi connectivity index (χ4n) is 2.26. The lowest BCUT2D eigenvalue weighted by Gasteiger charge is -2.32. The van der Waals surface area contributed by atoms with Crippen LogP contribution in [0, 0.1) is 0 Å². The van der Waals surface area contributed by atoms with Gasteiger partial charge in [0.15, 0.2) is 0 Å². The average molecular weight is 140 g/mol. The second kappa shape index (κ2) is 2.51. The zero-order valence-corrected chi connectivity index (χ0v) is 6.42. The summed E-state index contributed by atoms with van der Waals surface area (Å²) in [6.07, 6.45) is 5.27. The van der Waals surface area contributed by atoms with Gasteiger partial charge in [0.05, 0.1) is 0 Å². The van der Waals surface area contributed by atoms with Crippen molar-refractivity contribution in [1.82, 2.24) is 4.90 Å². The van der Waals surface area contributed by atoms with Gasteiger partial charge >= 0.3 is 0 Å². The van der Waals surface area contributed by atoms with Crippen LogP contribution in [0.4, 0.5) is 0 Å². The Morgan fingerprint density at radius 3 is 3.00 bits per heavy atom. The molecule has 0 saturated carbocycles. The van der Waals surface area contributed by atoms with Gasteiger partial charge in [-0.25, -0.2) is 0 Å². The summed E-state index contributed by atoms with van der Waals surface area (Å²) < 4.78 is 0. The van der Waals surface area contributed by atoms with Gasteiger partial charge in [-0.1, -0.05) is 0 Å². The fourth-order valence-corrected chi connectivity index (χ4v) is 2.26. The molecule has 2 rings (SSSR count). The molecule has 0 amide bonds. The average Bonchev–Trinajstić information content (AvgIpc) is 2.33. The third-order valence-electron chi connectivity index (χ3n) is 2.86. The lowest BCUT2D eigenvalue weighted by molar-refractivity contribution is 0.182. The van der Waals surface area contributed by atoms with Crippen LogP contribution in [0.2, 0.25) is 0 Å². The number of hydrogen-bond donors (Lipinski definition) is 1. The van der Waals surface area contributed by atoms with Crippen molar-refractivity contribution in [1.29, 1.82) is 0 Å². The summed E-state index contributed by atoms with van der Waals surface area (Å²) in [6, 6.07) is 1.35. The Morgan fingerprint density at radius 1 is 1.20 bits per heavy atom. The number of hydrogen-bond acceptors (Lipinski definition) is 2. The van der Waals surface area contributed by atoms with Crippen LogP contribution in [0.3, 0.4) is 0 Å². The van der Waals surface area contributed by atoms with Gasteiger partial charge in [0, 0.05) is 12.1 Å². The Balaban J connectivity index is 1.96. The van der Waals surface area contributed by atoms with Crippen molar-refractivity contribution in [3.63, 3.8) is 0 Å². The first-order valence-electron chi connectivity index (χ1n) is 4.36. The second-order valence-corrected chi connectivity index (χ2v) is 3.62. The molecule has 0 bridgehead atoms. The predicted octanol–water partition coefficient (Wildman–Crippen LogP) is 0.572. The van der Waals surface area contributed by atoms with E-state index in [1.54, 1.807) is 0 Å². The van der Waals surface area contributed by atoms with Crippen molar-refractivity contribution in [2.75, 3.05) is 13.1 Å². The minimum atomic E-state index is 0.499. The summed E-state index contributed by atoms with van der Waals surface area (Å²) in [5.74, 6) is 0. The summed E-state index contributed by atoms with van der Waals surface area (Å²) in [5, 5.41) is 0. The van der Waals surface area contributed by atoms with E-state index < -0.39 is 0 Å². The Bertz CT molecular complexity index is 124. The molecule has 2 nitrogen and oxygen atoms in total. The maximum absolute atomic E-state index is 5.86. The topological polar surface area (TPSA) is 29.3 Å². The summed E-state index contributed by atoms with van der Waals surface area (Å²) in [5.41, 5.74) is 5.86. The van der Waals surface area contributed by atoms with E-state index in [0.717, 1.165) is 6.04 Å². The summed E-state index contributed by atoms with van der Waals surface area (Å²) in [4.78, 5) is 2.60. The van der Waals surface area contributed by atoms with Crippen molar-refractivity contribution in [3.8, 4) is 0 Å².